The summed E-state index contributed by atoms with van der Waals surface area (Å²) in [5.74, 6) is -0.606. The zero-order chi connectivity index (χ0) is 21.5. The molecule has 0 unspecified atom stereocenters. The van der Waals surface area contributed by atoms with Crippen LogP contribution in [0.25, 0.3) is 16.9 Å². The molecule has 0 saturated heterocycles. The molecule has 0 bridgehead atoms. The van der Waals surface area contributed by atoms with Gasteiger partial charge in [0, 0.05) is 28.6 Å². The highest BCUT2D eigenvalue weighted by molar-refractivity contribution is 6.30. The number of halogens is 3. The van der Waals surface area contributed by atoms with Gasteiger partial charge < -0.3 is 4.74 Å². The molecule has 1 fully saturated rings. The van der Waals surface area contributed by atoms with Crippen LogP contribution in [0.1, 0.15) is 54.6 Å². The molecule has 0 N–H and O–H groups in total. The molecule has 31 heavy (non-hydrogen) atoms. The van der Waals surface area contributed by atoms with Gasteiger partial charge in [0.05, 0.1) is 5.69 Å². The Hall–Kier alpha value is -2.73. The summed E-state index contributed by atoms with van der Waals surface area (Å²) < 4.78 is 35.5. The van der Waals surface area contributed by atoms with Crippen molar-refractivity contribution in [1.82, 2.24) is 9.78 Å². The number of fused-ring (bicyclic) bond motifs is 3. The summed E-state index contributed by atoms with van der Waals surface area (Å²) >= 11 is 6.11. The molecular weight excluding hydrogens is 422 g/mol. The van der Waals surface area contributed by atoms with E-state index in [-0.39, 0.29) is 18.1 Å². The molecule has 2 aromatic carbocycles. The molecule has 2 heterocycles. The summed E-state index contributed by atoms with van der Waals surface area (Å²) in [4.78, 5) is 13.2. The third kappa shape index (κ3) is 3.74. The Kier molecular flexibility index (Phi) is 5.26. The van der Waals surface area contributed by atoms with E-state index in [2.05, 4.69) is 5.10 Å². The van der Waals surface area contributed by atoms with Gasteiger partial charge in [-0.05, 0) is 36.2 Å². The van der Waals surface area contributed by atoms with Crippen molar-refractivity contribution in [3.8, 4) is 22.7 Å². The number of ether oxygens (including phenoxy) is 1. The fourth-order valence-electron chi connectivity index (χ4n) is 4.63. The molecule has 0 atom stereocenters. The lowest BCUT2D eigenvalue weighted by molar-refractivity contribution is 0.0942. The highest BCUT2D eigenvalue weighted by atomic mass is 35.5. The van der Waals surface area contributed by atoms with Crippen molar-refractivity contribution in [2.24, 2.45) is 5.92 Å². The Morgan fingerprint density at radius 1 is 1.13 bits per heavy atom. The Bertz CT molecular complexity index is 1170. The number of carbonyl (C=O) groups is 1. The largest absolute Gasteiger partial charge is 0.488 e. The van der Waals surface area contributed by atoms with Gasteiger partial charge in [0.1, 0.15) is 29.6 Å². The smallest absolute Gasteiger partial charge is 0.183 e. The Morgan fingerprint density at radius 3 is 2.71 bits per heavy atom. The normalized spacial score (nSPS) is 15.8. The van der Waals surface area contributed by atoms with Crippen molar-refractivity contribution in [1.29, 1.82) is 0 Å². The van der Waals surface area contributed by atoms with Crippen molar-refractivity contribution < 1.29 is 18.3 Å². The Labute approximate surface area is 183 Å². The first-order chi connectivity index (χ1) is 15.0. The van der Waals surface area contributed by atoms with Crippen molar-refractivity contribution in [2.75, 3.05) is 0 Å². The number of nitrogens with zero attached hydrogens (tertiary/aromatic N) is 2. The van der Waals surface area contributed by atoms with Gasteiger partial charge in [-0.15, -0.1) is 0 Å². The van der Waals surface area contributed by atoms with E-state index in [0.29, 0.717) is 45.6 Å². The van der Waals surface area contributed by atoms with Crippen molar-refractivity contribution >= 4 is 17.4 Å². The quantitative estimate of drug-likeness (QED) is 0.432. The minimum atomic E-state index is -0.751. The van der Waals surface area contributed by atoms with E-state index < -0.39 is 11.6 Å². The molecule has 2 aliphatic rings. The lowest BCUT2D eigenvalue weighted by atomic mass is 9.85. The molecule has 5 rings (SSSR count). The highest BCUT2D eigenvalue weighted by Crippen LogP contribution is 2.42. The van der Waals surface area contributed by atoms with Crippen LogP contribution in [0.15, 0.2) is 36.4 Å². The maximum atomic E-state index is 14.7. The molecule has 0 spiro atoms. The highest BCUT2D eigenvalue weighted by Gasteiger charge is 2.32. The average molecular weight is 443 g/mol. The summed E-state index contributed by atoms with van der Waals surface area (Å²) in [5.41, 5.74) is 2.25. The monoisotopic (exact) mass is 442 g/mol. The lowest BCUT2D eigenvalue weighted by Crippen LogP contribution is -2.15. The van der Waals surface area contributed by atoms with E-state index >= 15 is 0 Å². The maximum absolute atomic E-state index is 14.7. The van der Waals surface area contributed by atoms with Crippen LogP contribution in [0.2, 0.25) is 5.02 Å². The van der Waals surface area contributed by atoms with E-state index in [9.17, 15) is 13.6 Å². The van der Waals surface area contributed by atoms with E-state index in [1.807, 2.05) is 0 Å². The summed E-state index contributed by atoms with van der Waals surface area (Å²) in [6, 6.07) is 8.48. The van der Waals surface area contributed by atoms with Crippen LogP contribution >= 0.6 is 11.6 Å². The van der Waals surface area contributed by atoms with E-state index in [0.717, 1.165) is 31.7 Å². The fraction of sp³-hybridized carbons (Fsp3) is 0.333. The molecule has 1 aliphatic carbocycles. The molecule has 4 nitrogen and oxygen atoms in total. The van der Waals surface area contributed by atoms with E-state index in [1.54, 1.807) is 18.2 Å². The molecule has 0 amide bonds. The molecule has 1 aliphatic heterocycles. The Balaban J connectivity index is 1.64. The minimum absolute atomic E-state index is 0.0644. The van der Waals surface area contributed by atoms with Crippen molar-refractivity contribution in [2.45, 2.75) is 45.1 Å². The predicted octanol–water partition coefficient (Wildman–Crippen LogP) is 6.52. The number of carbonyl (C=O) groups excluding carboxylic acids is 1. The van der Waals surface area contributed by atoms with Crippen LogP contribution in [0.4, 0.5) is 8.78 Å². The zero-order valence-corrected chi connectivity index (χ0v) is 17.6. The van der Waals surface area contributed by atoms with E-state index in [1.165, 1.54) is 23.2 Å². The van der Waals surface area contributed by atoms with Crippen molar-refractivity contribution in [3.05, 3.63) is 64.3 Å². The molecular formula is C24H21ClF2N2O2. The second-order valence-corrected chi connectivity index (χ2v) is 8.68. The maximum Gasteiger partial charge on any atom is 0.183 e. The fourth-order valence-corrected chi connectivity index (χ4v) is 4.79. The molecule has 0 radical (unpaired) electrons. The zero-order valence-electron chi connectivity index (χ0n) is 16.8. The third-order valence-electron chi connectivity index (χ3n) is 6.16. The molecule has 1 aromatic heterocycles. The summed E-state index contributed by atoms with van der Waals surface area (Å²) in [6.45, 7) is 0.136. The number of hydrogen-bond donors (Lipinski definition) is 0. The second kappa shape index (κ2) is 8.08. The van der Waals surface area contributed by atoms with Crippen LogP contribution in [-0.2, 0) is 6.61 Å². The number of Topliss-reactive ketones (excluding diaryl/α,β-unsaturated/α-hetero) is 1. The predicted molar refractivity (Wildman–Crippen MR) is 114 cm³/mol. The summed E-state index contributed by atoms with van der Waals surface area (Å²) in [7, 11) is 0. The Morgan fingerprint density at radius 2 is 1.94 bits per heavy atom. The van der Waals surface area contributed by atoms with E-state index in [4.69, 9.17) is 16.3 Å². The van der Waals surface area contributed by atoms with Crippen LogP contribution < -0.4 is 4.74 Å². The number of benzene rings is 2. The van der Waals surface area contributed by atoms with Gasteiger partial charge in [-0.3, -0.25) is 4.79 Å². The molecule has 3 aromatic rings. The molecule has 7 heteroatoms. The SMILES string of the molecule is O=C(CC1CCCCC1)c1nn(-c2ccc(F)cc2F)c2c1COc1cc(Cl)ccc1-2. The molecule has 160 valence electrons. The van der Waals surface area contributed by atoms with Crippen LogP contribution in [0, 0.1) is 17.6 Å². The van der Waals surface area contributed by atoms with Crippen LogP contribution in [0.3, 0.4) is 0 Å². The first-order valence-corrected chi connectivity index (χ1v) is 10.9. The average Bonchev–Trinajstić information content (AvgIpc) is 3.14. The number of aromatic nitrogens is 2. The first-order valence-electron chi connectivity index (χ1n) is 10.5. The number of rotatable bonds is 4. The lowest BCUT2D eigenvalue weighted by Gasteiger charge is -2.21. The number of hydrogen-bond acceptors (Lipinski definition) is 3. The van der Waals surface area contributed by atoms with Crippen LogP contribution in [-0.4, -0.2) is 15.6 Å². The molecule has 1 saturated carbocycles. The van der Waals surface area contributed by atoms with Crippen LogP contribution in [0.5, 0.6) is 5.75 Å². The topological polar surface area (TPSA) is 44.1 Å². The number of ketones is 1. The van der Waals surface area contributed by atoms with Gasteiger partial charge in [0.25, 0.3) is 0 Å². The van der Waals surface area contributed by atoms with Gasteiger partial charge in [0.15, 0.2) is 11.6 Å². The summed E-state index contributed by atoms with van der Waals surface area (Å²) in [6.07, 6.45) is 6.00. The van der Waals surface area contributed by atoms with Gasteiger partial charge in [-0.25, -0.2) is 13.5 Å². The second-order valence-electron chi connectivity index (χ2n) is 8.24. The van der Waals surface area contributed by atoms with Gasteiger partial charge in [-0.2, -0.15) is 5.10 Å². The van der Waals surface area contributed by atoms with Gasteiger partial charge in [-0.1, -0.05) is 43.7 Å². The van der Waals surface area contributed by atoms with Crippen molar-refractivity contribution in [3.63, 3.8) is 0 Å². The standard InChI is InChI=1S/C24H21ClF2N2O2/c25-15-6-8-17-22(11-15)31-13-18-23(21(30)10-14-4-2-1-3-5-14)28-29(24(17)18)20-9-7-16(26)12-19(20)27/h6-9,11-12,14H,1-5,10,13H2. The summed E-state index contributed by atoms with van der Waals surface area (Å²) in [5, 5.41) is 5.04. The van der Waals surface area contributed by atoms with Gasteiger partial charge in [0.2, 0.25) is 0 Å². The minimum Gasteiger partial charge on any atom is -0.488 e. The van der Waals surface area contributed by atoms with Gasteiger partial charge >= 0.3 is 0 Å². The first kappa shape index (κ1) is 20.2. The third-order valence-corrected chi connectivity index (χ3v) is 6.39.